The van der Waals surface area contributed by atoms with Gasteiger partial charge in [-0.15, -0.1) is 0 Å². The molecule has 0 atom stereocenters. The van der Waals surface area contributed by atoms with Gasteiger partial charge in [0.25, 0.3) is 0 Å². The number of rotatable bonds is 4. The Kier molecular flexibility index (Phi) is 3.85. The largest absolute Gasteiger partial charge is 0.481 e. The van der Waals surface area contributed by atoms with Crippen molar-refractivity contribution >= 4 is 15.8 Å². The minimum absolute atomic E-state index is 0.116. The van der Waals surface area contributed by atoms with E-state index < -0.39 is 15.8 Å². The van der Waals surface area contributed by atoms with Crippen LogP contribution in [0.1, 0.15) is 5.56 Å². The van der Waals surface area contributed by atoms with Crippen molar-refractivity contribution in [3.05, 3.63) is 48.2 Å². The summed E-state index contributed by atoms with van der Waals surface area (Å²) in [6.07, 6.45) is 2.51. The maximum atomic E-state index is 11.8. The fourth-order valence-corrected chi connectivity index (χ4v) is 2.76. The lowest BCUT2D eigenvalue weighted by Gasteiger charge is -2.08. The van der Waals surface area contributed by atoms with Crippen LogP contribution >= 0.6 is 0 Å². The molecule has 0 unspecified atom stereocenters. The number of carbonyl (C=O) groups is 1. The summed E-state index contributed by atoms with van der Waals surface area (Å²) in [5, 5.41) is 8.80. The molecule has 0 radical (unpaired) electrons. The van der Waals surface area contributed by atoms with Crippen LogP contribution in [0.3, 0.4) is 0 Å². The highest BCUT2D eigenvalue weighted by Gasteiger charge is 2.15. The van der Waals surface area contributed by atoms with Crippen molar-refractivity contribution in [3.63, 3.8) is 0 Å². The number of hydrogen-bond donors (Lipinski definition) is 1. The number of carboxylic acid groups (broad SMARTS) is 1. The molecule has 0 aliphatic rings. The highest BCUT2D eigenvalue weighted by Crippen LogP contribution is 2.25. The number of sulfone groups is 1. The van der Waals surface area contributed by atoms with Gasteiger partial charge in [0.1, 0.15) is 0 Å². The second-order valence-electron chi connectivity index (χ2n) is 4.39. The minimum Gasteiger partial charge on any atom is -0.481 e. The van der Waals surface area contributed by atoms with E-state index >= 15 is 0 Å². The Labute approximate surface area is 116 Å². The van der Waals surface area contributed by atoms with E-state index in [1.54, 1.807) is 30.3 Å². The smallest absolute Gasteiger partial charge is 0.307 e. The number of nitrogens with zero attached hydrogens (tertiary/aromatic N) is 1. The minimum atomic E-state index is -3.40. The number of hydrogen-bond acceptors (Lipinski definition) is 4. The van der Waals surface area contributed by atoms with E-state index in [2.05, 4.69) is 4.98 Å². The summed E-state index contributed by atoms with van der Waals surface area (Å²) in [5.74, 6) is -0.938. The van der Waals surface area contributed by atoms with Gasteiger partial charge in [0.05, 0.1) is 17.0 Å². The van der Waals surface area contributed by atoms with E-state index in [9.17, 15) is 13.2 Å². The molecule has 0 saturated carbocycles. The molecule has 20 heavy (non-hydrogen) atoms. The average molecular weight is 291 g/mol. The van der Waals surface area contributed by atoms with Gasteiger partial charge in [0, 0.05) is 18.0 Å². The Morgan fingerprint density at radius 3 is 2.65 bits per heavy atom. The molecule has 1 aromatic carbocycles. The topological polar surface area (TPSA) is 84.3 Å². The van der Waals surface area contributed by atoms with Gasteiger partial charge in [-0.25, -0.2) is 8.42 Å². The quantitative estimate of drug-likeness (QED) is 0.928. The van der Waals surface area contributed by atoms with Gasteiger partial charge in [0.15, 0.2) is 9.84 Å². The maximum absolute atomic E-state index is 11.8. The van der Waals surface area contributed by atoms with Gasteiger partial charge in [-0.1, -0.05) is 18.2 Å². The van der Waals surface area contributed by atoms with E-state index in [0.717, 1.165) is 6.26 Å². The van der Waals surface area contributed by atoms with Crippen molar-refractivity contribution in [2.75, 3.05) is 6.26 Å². The molecule has 104 valence electrons. The van der Waals surface area contributed by atoms with Crippen LogP contribution in [0.4, 0.5) is 0 Å². The van der Waals surface area contributed by atoms with Crippen LogP contribution in [0.15, 0.2) is 47.5 Å². The molecule has 1 heterocycles. The zero-order valence-corrected chi connectivity index (χ0v) is 11.6. The van der Waals surface area contributed by atoms with Crippen molar-refractivity contribution in [1.82, 2.24) is 4.98 Å². The van der Waals surface area contributed by atoms with Crippen molar-refractivity contribution in [1.29, 1.82) is 0 Å². The van der Waals surface area contributed by atoms with Crippen LogP contribution in [-0.2, 0) is 21.1 Å². The Hall–Kier alpha value is -2.21. The van der Waals surface area contributed by atoms with E-state index in [1.807, 2.05) is 0 Å². The number of aliphatic carboxylic acids is 1. The van der Waals surface area contributed by atoms with Crippen molar-refractivity contribution in [2.24, 2.45) is 0 Å². The molecule has 2 aromatic rings. The first kappa shape index (κ1) is 14.2. The predicted molar refractivity (Wildman–Crippen MR) is 74.1 cm³/mol. The molecule has 0 aliphatic carbocycles. The molecule has 0 spiro atoms. The molecule has 0 bridgehead atoms. The molecular weight excluding hydrogens is 278 g/mol. The number of carboxylic acids is 1. The third-order valence-corrected chi connectivity index (χ3v) is 3.85. The first-order valence-corrected chi connectivity index (χ1v) is 7.73. The lowest BCUT2D eigenvalue weighted by atomic mass is 10.1. The van der Waals surface area contributed by atoms with Gasteiger partial charge in [-0.2, -0.15) is 0 Å². The molecule has 5 nitrogen and oxygen atoms in total. The Bertz CT molecular complexity index is 753. The van der Waals surface area contributed by atoms with Crippen LogP contribution < -0.4 is 0 Å². The number of pyridine rings is 1. The van der Waals surface area contributed by atoms with Crippen LogP contribution in [0, 0.1) is 0 Å². The summed E-state index contributed by atoms with van der Waals surface area (Å²) in [7, 11) is -3.40. The summed E-state index contributed by atoms with van der Waals surface area (Å²) < 4.78 is 23.5. The molecule has 2 rings (SSSR count). The first-order chi connectivity index (χ1) is 9.38. The molecule has 0 aliphatic heterocycles. The lowest BCUT2D eigenvalue weighted by molar-refractivity contribution is -0.136. The van der Waals surface area contributed by atoms with Gasteiger partial charge in [0.2, 0.25) is 0 Å². The zero-order valence-electron chi connectivity index (χ0n) is 10.8. The van der Waals surface area contributed by atoms with Crippen molar-refractivity contribution < 1.29 is 18.3 Å². The van der Waals surface area contributed by atoms with E-state index in [-0.39, 0.29) is 11.3 Å². The fraction of sp³-hybridized carbons (Fsp3) is 0.143. The lowest BCUT2D eigenvalue weighted by Crippen LogP contribution is -2.03. The second-order valence-corrected chi connectivity index (χ2v) is 6.38. The molecule has 1 N–H and O–H groups in total. The highest BCUT2D eigenvalue weighted by molar-refractivity contribution is 7.90. The normalized spacial score (nSPS) is 11.2. The van der Waals surface area contributed by atoms with Crippen LogP contribution in [0.25, 0.3) is 11.3 Å². The summed E-state index contributed by atoms with van der Waals surface area (Å²) >= 11 is 0. The molecule has 0 amide bonds. The zero-order chi connectivity index (χ0) is 14.8. The van der Waals surface area contributed by atoms with E-state index in [1.165, 1.54) is 12.3 Å². The SMILES string of the molecule is CS(=O)(=O)c1cccnc1-c1cccc(CC(=O)O)c1. The van der Waals surface area contributed by atoms with E-state index in [0.29, 0.717) is 16.8 Å². The first-order valence-electron chi connectivity index (χ1n) is 5.84. The summed E-state index contributed by atoms with van der Waals surface area (Å²) in [5.41, 5.74) is 1.52. The average Bonchev–Trinajstić information content (AvgIpc) is 2.37. The summed E-state index contributed by atoms with van der Waals surface area (Å²) in [4.78, 5) is 15.0. The van der Waals surface area contributed by atoms with Crippen LogP contribution in [0.2, 0.25) is 0 Å². The third kappa shape index (κ3) is 3.21. The van der Waals surface area contributed by atoms with Gasteiger partial charge >= 0.3 is 5.97 Å². The maximum Gasteiger partial charge on any atom is 0.307 e. The standard InChI is InChI=1S/C14H13NO4S/c1-20(18,19)12-6-3-7-15-14(12)11-5-2-4-10(8-11)9-13(16)17/h2-8H,9H2,1H3,(H,16,17). The number of benzene rings is 1. The predicted octanol–water partition coefficient (Wildman–Crippen LogP) is 1.78. The summed E-state index contributed by atoms with van der Waals surface area (Å²) in [6.45, 7) is 0. The number of aromatic nitrogens is 1. The third-order valence-electron chi connectivity index (χ3n) is 2.73. The molecular formula is C14H13NO4S. The van der Waals surface area contributed by atoms with Gasteiger partial charge < -0.3 is 5.11 Å². The fourth-order valence-electron chi connectivity index (χ4n) is 1.91. The van der Waals surface area contributed by atoms with Crippen molar-refractivity contribution in [2.45, 2.75) is 11.3 Å². The molecule has 6 heteroatoms. The second kappa shape index (κ2) is 5.42. The Morgan fingerprint density at radius 1 is 1.25 bits per heavy atom. The summed E-state index contributed by atoms with van der Waals surface area (Å²) in [6, 6.07) is 9.77. The molecule has 0 fully saturated rings. The van der Waals surface area contributed by atoms with Crippen LogP contribution in [-0.4, -0.2) is 30.7 Å². The van der Waals surface area contributed by atoms with Crippen molar-refractivity contribution in [3.8, 4) is 11.3 Å². The van der Waals surface area contributed by atoms with Gasteiger partial charge in [-0.3, -0.25) is 9.78 Å². The Balaban J connectivity index is 2.55. The van der Waals surface area contributed by atoms with E-state index in [4.69, 9.17) is 5.11 Å². The molecule has 0 saturated heterocycles. The van der Waals surface area contributed by atoms with Crippen LogP contribution in [0.5, 0.6) is 0 Å². The monoisotopic (exact) mass is 291 g/mol. The molecule has 1 aromatic heterocycles. The van der Waals surface area contributed by atoms with Gasteiger partial charge in [-0.05, 0) is 23.8 Å². The highest BCUT2D eigenvalue weighted by atomic mass is 32.2. The Morgan fingerprint density at radius 2 is 2.00 bits per heavy atom.